The Kier molecular flexibility index (Phi) is 4.77. The Bertz CT molecular complexity index is 599. The van der Waals surface area contributed by atoms with Crippen molar-refractivity contribution in [2.75, 3.05) is 7.11 Å². The second-order valence-corrected chi connectivity index (χ2v) is 6.01. The average molecular weight is 360 g/mol. The number of hydrogen-bond donors (Lipinski definition) is 0. The molecule has 100 valence electrons. The molecule has 0 N–H and O–H groups in total. The molecule has 0 aliphatic heterocycles. The van der Waals surface area contributed by atoms with Gasteiger partial charge in [-0.3, -0.25) is 0 Å². The highest BCUT2D eigenvalue weighted by atomic mass is 79.9. The molecule has 0 saturated carbocycles. The molecule has 0 radical (unpaired) electrons. The second kappa shape index (κ2) is 6.17. The van der Waals surface area contributed by atoms with Gasteiger partial charge in [-0.05, 0) is 47.9 Å². The Morgan fingerprint density at radius 2 is 1.79 bits per heavy atom. The summed E-state index contributed by atoms with van der Waals surface area (Å²) in [5.41, 5.74) is 3.27. The SMILES string of the molecule is COc1ccc(C(Br)c2cc(Cl)ccc2C)c(Cl)c1. The minimum absolute atomic E-state index is 0.00426. The van der Waals surface area contributed by atoms with Crippen molar-refractivity contribution in [1.82, 2.24) is 0 Å². The summed E-state index contributed by atoms with van der Waals surface area (Å²) in [6.45, 7) is 2.05. The molecule has 0 aliphatic rings. The maximum atomic E-state index is 6.30. The van der Waals surface area contributed by atoms with Crippen LogP contribution in [0, 0.1) is 6.92 Å². The highest BCUT2D eigenvalue weighted by molar-refractivity contribution is 9.09. The number of methoxy groups -OCH3 is 1. The largest absolute Gasteiger partial charge is 0.497 e. The molecule has 19 heavy (non-hydrogen) atoms. The molecule has 0 aliphatic carbocycles. The first-order valence-electron chi connectivity index (χ1n) is 5.76. The number of halogens is 3. The summed E-state index contributed by atoms with van der Waals surface area (Å²) in [4.78, 5) is 0.00426. The lowest BCUT2D eigenvalue weighted by atomic mass is 10.0. The minimum atomic E-state index is 0.00426. The normalized spacial score (nSPS) is 12.3. The predicted molar refractivity (Wildman–Crippen MR) is 85.0 cm³/mol. The lowest BCUT2D eigenvalue weighted by Crippen LogP contribution is -1.97. The summed E-state index contributed by atoms with van der Waals surface area (Å²) in [5.74, 6) is 0.747. The number of hydrogen-bond acceptors (Lipinski definition) is 1. The Balaban J connectivity index is 2.43. The van der Waals surface area contributed by atoms with Crippen LogP contribution in [0.25, 0.3) is 0 Å². The summed E-state index contributed by atoms with van der Waals surface area (Å²) in [6, 6.07) is 11.5. The van der Waals surface area contributed by atoms with E-state index in [1.165, 1.54) is 0 Å². The van der Waals surface area contributed by atoms with E-state index in [9.17, 15) is 0 Å². The molecule has 2 aromatic carbocycles. The van der Waals surface area contributed by atoms with Crippen LogP contribution < -0.4 is 4.74 Å². The summed E-state index contributed by atoms with van der Waals surface area (Å²) in [7, 11) is 1.62. The Hall–Kier alpha value is -0.700. The smallest absolute Gasteiger partial charge is 0.120 e. The van der Waals surface area contributed by atoms with E-state index in [2.05, 4.69) is 22.9 Å². The Morgan fingerprint density at radius 3 is 2.42 bits per heavy atom. The fraction of sp³-hybridized carbons (Fsp3) is 0.200. The van der Waals surface area contributed by atoms with E-state index >= 15 is 0 Å². The molecule has 0 fully saturated rings. The maximum absolute atomic E-state index is 6.30. The zero-order valence-corrected chi connectivity index (χ0v) is 13.7. The molecule has 0 bridgehead atoms. The molecule has 1 nitrogen and oxygen atoms in total. The highest BCUT2D eigenvalue weighted by Gasteiger charge is 2.16. The summed E-state index contributed by atoms with van der Waals surface area (Å²) in [6.07, 6.45) is 0. The van der Waals surface area contributed by atoms with Crippen LogP contribution in [-0.2, 0) is 0 Å². The number of benzene rings is 2. The molecule has 0 heterocycles. The lowest BCUT2D eigenvalue weighted by Gasteiger charge is -2.16. The van der Waals surface area contributed by atoms with Crippen molar-refractivity contribution >= 4 is 39.1 Å². The van der Waals surface area contributed by atoms with E-state index in [-0.39, 0.29) is 4.83 Å². The maximum Gasteiger partial charge on any atom is 0.120 e. The van der Waals surface area contributed by atoms with Gasteiger partial charge in [-0.2, -0.15) is 0 Å². The van der Waals surface area contributed by atoms with Gasteiger partial charge in [0.05, 0.1) is 11.9 Å². The van der Waals surface area contributed by atoms with Gasteiger partial charge in [0.1, 0.15) is 5.75 Å². The molecular formula is C15H13BrCl2O. The van der Waals surface area contributed by atoms with Crippen molar-refractivity contribution in [3.05, 3.63) is 63.1 Å². The Morgan fingerprint density at radius 1 is 1.05 bits per heavy atom. The van der Waals surface area contributed by atoms with E-state index in [1.54, 1.807) is 7.11 Å². The quantitative estimate of drug-likeness (QED) is 0.629. The van der Waals surface area contributed by atoms with Crippen molar-refractivity contribution in [1.29, 1.82) is 0 Å². The standard InChI is InChI=1S/C15H13BrCl2O/c1-9-3-4-10(17)7-13(9)15(16)12-6-5-11(19-2)8-14(12)18/h3-8,15H,1-2H3. The van der Waals surface area contributed by atoms with Crippen LogP contribution in [0.15, 0.2) is 36.4 Å². The lowest BCUT2D eigenvalue weighted by molar-refractivity contribution is 0.414. The first-order valence-corrected chi connectivity index (χ1v) is 7.43. The van der Waals surface area contributed by atoms with Crippen LogP contribution in [-0.4, -0.2) is 7.11 Å². The van der Waals surface area contributed by atoms with Crippen molar-refractivity contribution in [3.63, 3.8) is 0 Å². The van der Waals surface area contributed by atoms with Crippen molar-refractivity contribution in [2.24, 2.45) is 0 Å². The Labute approximate surface area is 131 Å². The van der Waals surface area contributed by atoms with Gasteiger partial charge in [-0.15, -0.1) is 0 Å². The number of rotatable bonds is 3. The van der Waals surface area contributed by atoms with Gasteiger partial charge in [-0.25, -0.2) is 0 Å². The number of aryl methyl sites for hydroxylation is 1. The third-order valence-corrected chi connectivity index (χ3v) is 4.54. The fourth-order valence-electron chi connectivity index (χ4n) is 1.89. The third-order valence-electron chi connectivity index (χ3n) is 3.00. The fourth-order valence-corrected chi connectivity index (χ4v) is 3.38. The molecule has 0 spiro atoms. The highest BCUT2D eigenvalue weighted by Crippen LogP contribution is 2.38. The monoisotopic (exact) mass is 358 g/mol. The first kappa shape index (κ1) is 14.7. The summed E-state index contributed by atoms with van der Waals surface area (Å²) >= 11 is 16.1. The van der Waals surface area contributed by atoms with Crippen LogP contribution >= 0.6 is 39.1 Å². The topological polar surface area (TPSA) is 9.23 Å². The molecule has 1 unspecified atom stereocenters. The van der Waals surface area contributed by atoms with Gasteiger partial charge in [0.2, 0.25) is 0 Å². The average Bonchev–Trinajstić information content (AvgIpc) is 2.40. The van der Waals surface area contributed by atoms with Gasteiger partial charge in [-0.1, -0.05) is 51.3 Å². The van der Waals surface area contributed by atoms with E-state index in [4.69, 9.17) is 27.9 Å². The van der Waals surface area contributed by atoms with Gasteiger partial charge in [0.25, 0.3) is 0 Å². The zero-order valence-electron chi connectivity index (χ0n) is 10.6. The summed E-state index contributed by atoms with van der Waals surface area (Å²) < 4.78 is 5.16. The molecule has 0 aromatic heterocycles. The van der Waals surface area contributed by atoms with Gasteiger partial charge in [0.15, 0.2) is 0 Å². The number of alkyl halides is 1. The van der Waals surface area contributed by atoms with Gasteiger partial charge < -0.3 is 4.74 Å². The third kappa shape index (κ3) is 3.25. The van der Waals surface area contributed by atoms with E-state index in [0.29, 0.717) is 5.02 Å². The van der Waals surface area contributed by atoms with Gasteiger partial charge in [0, 0.05) is 10.0 Å². The minimum Gasteiger partial charge on any atom is -0.497 e. The van der Waals surface area contributed by atoms with E-state index in [0.717, 1.165) is 27.5 Å². The number of ether oxygens (including phenoxy) is 1. The van der Waals surface area contributed by atoms with Crippen molar-refractivity contribution < 1.29 is 4.74 Å². The predicted octanol–water partition coefficient (Wildman–Crippen LogP) is 5.79. The molecule has 2 rings (SSSR count). The van der Waals surface area contributed by atoms with Crippen LogP contribution in [0.4, 0.5) is 0 Å². The van der Waals surface area contributed by atoms with Crippen LogP contribution in [0.2, 0.25) is 10.0 Å². The molecular weight excluding hydrogens is 347 g/mol. The van der Waals surface area contributed by atoms with Crippen molar-refractivity contribution in [2.45, 2.75) is 11.8 Å². The zero-order chi connectivity index (χ0) is 14.0. The molecule has 1 atom stereocenters. The van der Waals surface area contributed by atoms with Crippen molar-refractivity contribution in [3.8, 4) is 5.75 Å². The van der Waals surface area contributed by atoms with E-state index in [1.807, 2.05) is 36.4 Å². The van der Waals surface area contributed by atoms with Gasteiger partial charge >= 0.3 is 0 Å². The molecule has 0 saturated heterocycles. The molecule has 4 heteroatoms. The molecule has 2 aromatic rings. The van der Waals surface area contributed by atoms with Crippen LogP contribution in [0.1, 0.15) is 21.5 Å². The summed E-state index contributed by atoms with van der Waals surface area (Å²) in [5, 5.41) is 1.38. The van der Waals surface area contributed by atoms with Crippen LogP contribution in [0.5, 0.6) is 5.75 Å². The molecule has 0 amide bonds. The van der Waals surface area contributed by atoms with Crippen LogP contribution in [0.3, 0.4) is 0 Å². The second-order valence-electron chi connectivity index (χ2n) is 4.25. The first-order chi connectivity index (χ1) is 9.02. The van der Waals surface area contributed by atoms with E-state index < -0.39 is 0 Å².